The van der Waals surface area contributed by atoms with E-state index in [1.54, 1.807) is 51.7 Å². The number of methoxy groups -OCH3 is 1. The first kappa shape index (κ1) is 55.2. The number of aliphatic hydroxyl groups excluding tert-OH is 2. The summed E-state index contributed by atoms with van der Waals surface area (Å²) in [4.78, 5) is 68.4. The molecule has 9 rings (SSSR count). The van der Waals surface area contributed by atoms with E-state index in [2.05, 4.69) is 10.6 Å². The molecule has 0 spiro atoms. The lowest BCUT2D eigenvalue weighted by molar-refractivity contribution is -0.160. The third-order valence-corrected chi connectivity index (χ3v) is 15.9. The molecule has 0 radical (unpaired) electrons. The van der Waals surface area contributed by atoms with Crippen LogP contribution in [-0.4, -0.2) is 115 Å². The molecule has 1 saturated carbocycles. The zero-order valence-electron chi connectivity index (χ0n) is 44.2. The molecule has 1 unspecified atom stereocenters. The summed E-state index contributed by atoms with van der Waals surface area (Å²) in [5.74, 6) is -11.1. The third kappa shape index (κ3) is 9.87. The second-order valence-electron chi connectivity index (χ2n) is 21.1. The number of phenols is 3. The number of aromatic nitrogens is 1. The van der Waals surface area contributed by atoms with Crippen LogP contribution < -0.4 is 25.8 Å². The number of ketones is 1. The zero-order valence-corrected chi connectivity index (χ0v) is 44.2. The van der Waals surface area contributed by atoms with Crippen molar-refractivity contribution in [2.45, 2.75) is 130 Å². The van der Waals surface area contributed by atoms with Gasteiger partial charge in [-0.05, 0) is 69.2 Å². The number of aliphatic hydroxyl groups is 2. The number of allylic oxidation sites excluding steroid dienone is 2. The van der Waals surface area contributed by atoms with E-state index in [9.17, 15) is 54.6 Å². The molecule has 6 heterocycles. The van der Waals surface area contributed by atoms with E-state index in [0.717, 1.165) is 23.4 Å². The molecule has 1 amide bonds. The number of halogens is 1. The number of benzene rings is 2. The number of hydrogen-bond acceptors (Lipinski definition) is 16. The molecule has 4 aromatic rings. The number of aryl methyl sites for hydroxylation is 1. The van der Waals surface area contributed by atoms with Gasteiger partial charge in [-0.3, -0.25) is 23.6 Å². The van der Waals surface area contributed by atoms with E-state index in [1.165, 1.54) is 59.3 Å². The van der Waals surface area contributed by atoms with Gasteiger partial charge in [-0.15, -0.1) is 0 Å². The topological polar surface area (TPSA) is 275 Å². The number of nitrogens with one attached hydrogen (secondary N) is 2. The number of amides is 1. The summed E-state index contributed by atoms with van der Waals surface area (Å²) >= 11 is 0. The molecule has 2 fully saturated rings. The van der Waals surface area contributed by atoms with Crippen molar-refractivity contribution >= 4 is 51.3 Å². The maximum absolute atomic E-state index is 16.3. The Morgan fingerprint density at radius 3 is 2.28 bits per heavy atom. The predicted molar refractivity (Wildman–Crippen MR) is 279 cm³/mol. The van der Waals surface area contributed by atoms with Crippen LogP contribution in [0.2, 0.25) is 0 Å². The van der Waals surface area contributed by atoms with Crippen LogP contribution in [0.4, 0.5) is 15.8 Å². The van der Waals surface area contributed by atoms with Crippen LogP contribution in [0, 0.1) is 43.3 Å². The SMILES string of the molecule is CO[C@H]1C=CO[C@@]2(C)Oc3c(C)c(O)c4c(O)c(c(CNC5CCN(c6c(F)cn7c(=O)c(C(=O)O)cc(C8CC8)c7c6C)C5)c(O)c4c3C2=O)NC(=O)C(C)=CC=C[C@H](C)[C@H](O)[C@@H](C)[C@@H](O)[C@@H](C)[C@H](OC(C)=O)[C@@H]1C. The van der Waals surface area contributed by atoms with Crippen LogP contribution in [0.25, 0.3) is 16.3 Å². The molecule has 20 heteroatoms. The largest absolute Gasteiger partial charge is 0.507 e. The van der Waals surface area contributed by atoms with Gasteiger partial charge in [0.1, 0.15) is 28.9 Å². The van der Waals surface area contributed by atoms with Crippen molar-refractivity contribution in [1.29, 1.82) is 0 Å². The van der Waals surface area contributed by atoms with Gasteiger partial charge >= 0.3 is 17.7 Å². The molecule has 408 valence electrons. The molecule has 4 aliphatic heterocycles. The Labute approximate surface area is 438 Å². The maximum Gasteiger partial charge on any atom is 0.341 e. The Kier molecular flexibility index (Phi) is 15.4. The number of carbonyl (C=O) groups is 4. The van der Waals surface area contributed by atoms with Gasteiger partial charge in [-0.2, -0.15) is 0 Å². The summed E-state index contributed by atoms with van der Waals surface area (Å²) in [5.41, 5.74) is 0.00235. The van der Waals surface area contributed by atoms with Crippen LogP contribution in [-0.2, 0) is 30.3 Å². The lowest BCUT2D eigenvalue weighted by Crippen LogP contribution is -2.46. The van der Waals surface area contributed by atoms with E-state index in [4.69, 9.17) is 18.9 Å². The number of ether oxygens (including phenoxy) is 4. The lowest BCUT2D eigenvalue weighted by atomic mass is 9.78. The molecule has 76 heavy (non-hydrogen) atoms. The maximum atomic E-state index is 16.3. The average Bonchev–Trinajstić information content (AvgIpc) is 4.14. The number of Topliss-reactive ketones (excluding diaryl/α,β-unsaturated/α-hetero) is 1. The fourth-order valence-electron chi connectivity index (χ4n) is 11.2. The minimum absolute atomic E-state index is 0.00107. The first-order valence-corrected chi connectivity index (χ1v) is 25.5. The highest BCUT2D eigenvalue weighted by molar-refractivity contribution is 6.22. The third-order valence-electron chi connectivity index (χ3n) is 15.9. The van der Waals surface area contributed by atoms with Crippen LogP contribution in [0.15, 0.2) is 53.2 Å². The Morgan fingerprint density at radius 1 is 0.934 bits per heavy atom. The number of carbonyl (C=O) groups excluding carboxylic acids is 3. The fourth-order valence-corrected chi connectivity index (χ4v) is 11.2. The van der Waals surface area contributed by atoms with E-state index in [-0.39, 0.29) is 69.2 Å². The average molecular weight is 1060 g/mol. The van der Waals surface area contributed by atoms with Crippen LogP contribution in [0.3, 0.4) is 0 Å². The van der Waals surface area contributed by atoms with E-state index in [1.807, 2.05) is 0 Å². The Bertz CT molecular complexity index is 3200. The first-order valence-electron chi connectivity index (χ1n) is 25.5. The normalized spacial score (nSPS) is 27.5. The smallest absolute Gasteiger partial charge is 0.341 e. The number of carboxylic acids is 1. The molecule has 10 atom stereocenters. The van der Waals surface area contributed by atoms with Crippen LogP contribution >= 0.6 is 0 Å². The summed E-state index contributed by atoms with van der Waals surface area (Å²) in [6, 6.07) is 0.974. The standard InChI is InChI=1S/C56H67FN4O15/c1-24-12-11-13-25(2)53(69)59-42-36(21-58-33-16-18-60(22-33)44-27(4)43-34(32-14-15-32)20-35(55(71)72)54(70)61(43)23-37(44)57)48(66)39-40(49(42)67)47(65)30(7)51-41(39)52(68)56(9,76-51)74-19-17-38(73-10)26(3)50(75-31(8)62)29(6)46(64)28(5)45(24)63/h11-13,17,19-20,23-24,26,28-29,32-33,38,45-46,50,58,63-67H,14-16,18,21-22H2,1-10H3,(H,59,69)(H,71,72)/t24-,26+,28+,29+,33?,38-,45-,46+,50+,56-/m0/s1. The molecule has 2 aromatic heterocycles. The van der Waals surface area contributed by atoms with Crippen LogP contribution in [0.1, 0.15) is 117 Å². The molecule has 19 nitrogen and oxygen atoms in total. The highest BCUT2D eigenvalue weighted by atomic mass is 19.1. The summed E-state index contributed by atoms with van der Waals surface area (Å²) in [6.45, 7) is 14.3. The minimum atomic E-state index is -2.13. The number of carboxylic acid groups (broad SMARTS) is 1. The first-order chi connectivity index (χ1) is 35.8. The Hall–Kier alpha value is -7.00. The second kappa shape index (κ2) is 21.2. The number of phenolic OH excluding ortho intramolecular Hbond substituents is 3. The summed E-state index contributed by atoms with van der Waals surface area (Å²) in [7, 11) is 1.41. The molecule has 5 bridgehead atoms. The minimum Gasteiger partial charge on any atom is -0.507 e. The van der Waals surface area contributed by atoms with Crippen molar-refractivity contribution in [3.8, 4) is 23.0 Å². The summed E-state index contributed by atoms with van der Waals surface area (Å²) in [6.07, 6.45) is 6.27. The number of fused-ring (bicyclic) bond motifs is 15. The van der Waals surface area contributed by atoms with Gasteiger partial charge in [-0.25, -0.2) is 9.18 Å². The van der Waals surface area contributed by atoms with Crippen molar-refractivity contribution in [2.75, 3.05) is 30.4 Å². The highest BCUT2D eigenvalue weighted by Gasteiger charge is 2.50. The number of hydrogen-bond donors (Lipinski definition) is 8. The number of anilines is 2. The lowest BCUT2D eigenvalue weighted by Gasteiger charge is -2.38. The van der Waals surface area contributed by atoms with Gasteiger partial charge in [0.25, 0.3) is 17.2 Å². The summed E-state index contributed by atoms with van der Waals surface area (Å²) < 4.78 is 41.1. The van der Waals surface area contributed by atoms with E-state index < -0.39 is 118 Å². The van der Waals surface area contributed by atoms with E-state index >= 15 is 4.39 Å². The zero-order chi connectivity index (χ0) is 55.6. The van der Waals surface area contributed by atoms with Crippen molar-refractivity contribution < 1.29 is 73.2 Å². The van der Waals surface area contributed by atoms with Crippen molar-refractivity contribution in [3.05, 3.63) is 98.0 Å². The molecular weight excluding hydrogens is 988 g/mol. The van der Waals surface area contributed by atoms with Crippen LogP contribution in [0.5, 0.6) is 23.0 Å². The monoisotopic (exact) mass is 1050 g/mol. The molecule has 1 aliphatic carbocycles. The number of pyridine rings is 2. The molecular formula is C56H67FN4O15. The Morgan fingerprint density at radius 2 is 1.63 bits per heavy atom. The number of nitrogens with zero attached hydrogens (tertiary/aromatic N) is 2. The molecule has 8 N–H and O–H groups in total. The number of rotatable bonds is 8. The van der Waals surface area contributed by atoms with Gasteiger partial charge < -0.3 is 65.1 Å². The van der Waals surface area contributed by atoms with Gasteiger partial charge in [0, 0.05) is 92.4 Å². The summed E-state index contributed by atoms with van der Waals surface area (Å²) in [5, 5.41) is 74.8. The number of aromatic hydroxyl groups is 3. The Balaban J connectivity index is 1.19. The van der Waals surface area contributed by atoms with E-state index in [0.29, 0.717) is 29.6 Å². The number of esters is 1. The van der Waals surface area contributed by atoms with Crippen molar-refractivity contribution in [2.24, 2.45) is 23.7 Å². The molecule has 2 aromatic carbocycles. The van der Waals surface area contributed by atoms with Crippen molar-refractivity contribution in [1.82, 2.24) is 9.72 Å². The van der Waals surface area contributed by atoms with Gasteiger partial charge in [0.2, 0.25) is 0 Å². The van der Waals surface area contributed by atoms with Gasteiger partial charge in [0.15, 0.2) is 11.6 Å². The van der Waals surface area contributed by atoms with Crippen molar-refractivity contribution in [3.63, 3.8) is 0 Å². The quantitative estimate of drug-likeness (QED) is 0.0514. The van der Waals surface area contributed by atoms with Gasteiger partial charge in [-0.1, -0.05) is 45.9 Å². The van der Waals surface area contributed by atoms with Gasteiger partial charge in [0.05, 0.1) is 58.6 Å². The predicted octanol–water partition coefficient (Wildman–Crippen LogP) is 6.76. The highest BCUT2D eigenvalue weighted by Crippen LogP contribution is 2.55. The molecule has 1 saturated heterocycles. The second-order valence-corrected chi connectivity index (χ2v) is 21.1. The fraction of sp³-hybridized carbons (Fsp3) is 0.482. The molecule has 5 aliphatic rings. The number of aromatic carboxylic acids is 1.